The van der Waals surface area contributed by atoms with Crippen molar-refractivity contribution in [1.29, 1.82) is 0 Å². The van der Waals surface area contributed by atoms with Gasteiger partial charge in [-0.15, -0.1) is 0 Å². The molecule has 0 aromatic carbocycles. The number of hydrogen-bond acceptors (Lipinski definition) is 5. The van der Waals surface area contributed by atoms with Crippen LogP contribution in [0, 0.1) is 0 Å². The fourth-order valence-corrected chi connectivity index (χ4v) is 0.0500. The second kappa shape index (κ2) is 7.45. The zero-order chi connectivity index (χ0) is 10.2. The smallest absolute Gasteiger partial charge is 0.151 e. The number of rotatable bonds is 3. The minimum Gasteiger partial charge on any atom is -0.394 e. The summed E-state index contributed by atoms with van der Waals surface area (Å²) in [6.45, 7) is 2.92. The van der Waals surface area contributed by atoms with Gasteiger partial charge in [0.1, 0.15) is 0 Å². The summed E-state index contributed by atoms with van der Waals surface area (Å²) in [6, 6.07) is 0. The Hall–Kier alpha value is -0.200. The third-order valence-electron chi connectivity index (χ3n) is 1.09. The molecule has 0 saturated carbocycles. The summed E-state index contributed by atoms with van der Waals surface area (Å²) in [6.07, 6.45) is -0.699. The molecule has 0 spiro atoms. The van der Waals surface area contributed by atoms with Gasteiger partial charge in [-0.25, -0.2) is 0 Å². The Morgan fingerprint density at radius 3 is 1.50 bits per heavy atom. The van der Waals surface area contributed by atoms with Crippen LogP contribution in [0.4, 0.5) is 0 Å². The highest BCUT2D eigenvalue weighted by Gasteiger charge is 2.13. The van der Waals surface area contributed by atoms with E-state index in [1.165, 1.54) is 0 Å². The maximum Gasteiger partial charge on any atom is 0.151 e. The van der Waals surface area contributed by atoms with Gasteiger partial charge in [0.2, 0.25) is 0 Å². The van der Waals surface area contributed by atoms with Gasteiger partial charge < -0.3 is 26.2 Å². The number of hydrogen-bond donors (Lipinski definition) is 5. The topological polar surface area (TPSA) is 107 Å². The molecule has 0 unspecified atom stereocenters. The first kappa shape index (κ1) is 14.3. The molecule has 0 aliphatic rings. The van der Waals surface area contributed by atoms with Crippen LogP contribution >= 0.6 is 0 Å². The van der Waals surface area contributed by atoms with Gasteiger partial charge in [0.25, 0.3) is 0 Å². The van der Waals surface area contributed by atoms with Crippen molar-refractivity contribution in [1.82, 2.24) is 0 Å². The van der Waals surface area contributed by atoms with E-state index in [1.807, 2.05) is 0 Å². The zero-order valence-corrected chi connectivity index (χ0v) is 7.56. The lowest BCUT2D eigenvalue weighted by atomic mass is 10.1. The summed E-state index contributed by atoms with van der Waals surface area (Å²) >= 11 is 0. The molecule has 0 aromatic heterocycles. The molecule has 12 heavy (non-hydrogen) atoms. The van der Waals surface area contributed by atoms with Crippen LogP contribution in [-0.2, 0) is 0 Å². The number of aliphatic hydroxyl groups excluding tert-OH is 3. The molecule has 0 radical (unpaired) electrons. The summed E-state index contributed by atoms with van der Waals surface area (Å²) in [4.78, 5) is 0. The van der Waals surface area contributed by atoms with Crippen LogP contribution in [0.2, 0.25) is 0 Å². The van der Waals surface area contributed by atoms with Crippen molar-refractivity contribution in [2.24, 2.45) is 5.73 Å². The molecule has 76 valence electrons. The Morgan fingerprint density at radius 2 is 1.50 bits per heavy atom. The van der Waals surface area contributed by atoms with Crippen LogP contribution in [0.3, 0.4) is 0 Å². The molecule has 0 aromatic rings. The fraction of sp³-hybridized carbons (Fsp3) is 1.00. The van der Waals surface area contributed by atoms with Crippen molar-refractivity contribution >= 4 is 0 Å². The lowest BCUT2D eigenvalue weighted by Gasteiger charge is -2.16. The third-order valence-corrected chi connectivity index (χ3v) is 1.09. The van der Waals surface area contributed by atoms with Crippen LogP contribution in [-0.4, -0.2) is 45.5 Å². The van der Waals surface area contributed by atoms with Crippen molar-refractivity contribution in [2.75, 3.05) is 13.2 Å². The minimum absolute atomic E-state index is 0.177. The first-order valence-electron chi connectivity index (χ1n) is 3.76. The average molecular weight is 181 g/mol. The molecule has 5 nitrogen and oxygen atoms in total. The van der Waals surface area contributed by atoms with Gasteiger partial charge in [0.15, 0.2) is 6.29 Å². The number of aliphatic hydroxyl groups is 4. The van der Waals surface area contributed by atoms with E-state index >= 15 is 0 Å². The predicted octanol–water partition coefficient (Wildman–Crippen LogP) is -1.60. The van der Waals surface area contributed by atoms with Crippen molar-refractivity contribution in [3.8, 4) is 0 Å². The standard InChI is InChI=1S/C4H11NO2.C3H8O2/c1-4(5,2-6)3-7;1-2-3(4)5/h6-7H,2-3,5H2,1H3;3-5H,2H2,1H3. The molecular formula is C7H19NO4. The normalized spacial score (nSPS) is 11.0. The van der Waals surface area contributed by atoms with Crippen LogP contribution in [0.15, 0.2) is 0 Å². The van der Waals surface area contributed by atoms with Crippen LogP contribution in [0.1, 0.15) is 20.3 Å². The highest BCUT2D eigenvalue weighted by Crippen LogP contribution is 1.91. The predicted molar refractivity (Wildman–Crippen MR) is 45.3 cm³/mol. The molecule has 6 N–H and O–H groups in total. The van der Waals surface area contributed by atoms with E-state index in [1.54, 1.807) is 13.8 Å². The molecule has 0 rings (SSSR count). The Morgan fingerprint density at radius 1 is 1.25 bits per heavy atom. The quantitative estimate of drug-likeness (QED) is 0.337. The van der Waals surface area contributed by atoms with Crippen molar-refractivity contribution in [3.63, 3.8) is 0 Å². The van der Waals surface area contributed by atoms with E-state index in [0.29, 0.717) is 6.42 Å². The van der Waals surface area contributed by atoms with E-state index in [0.717, 1.165) is 0 Å². The van der Waals surface area contributed by atoms with Gasteiger partial charge in [0, 0.05) is 0 Å². The van der Waals surface area contributed by atoms with Crippen LogP contribution in [0.5, 0.6) is 0 Å². The summed E-state index contributed by atoms with van der Waals surface area (Å²) in [5.41, 5.74) is 4.41. The molecule has 0 atom stereocenters. The Bertz CT molecular complexity index is 89.4. The Balaban J connectivity index is 0. The van der Waals surface area contributed by atoms with Gasteiger partial charge in [-0.1, -0.05) is 6.92 Å². The summed E-state index contributed by atoms with van der Waals surface area (Å²) < 4.78 is 0. The minimum atomic E-state index is -1.12. The molecule has 5 heteroatoms. The number of nitrogens with two attached hydrogens (primary N) is 1. The van der Waals surface area contributed by atoms with Gasteiger partial charge >= 0.3 is 0 Å². The lowest BCUT2D eigenvalue weighted by Crippen LogP contribution is -2.43. The lowest BCUT2D eigenvalue weighted by molar-refractivity contribution is -0.0413. The zero-order valence-electron chi connectivity index (χ0n) is 7.56. The SMILES string of the molecule is CC(N)(CO)CO.CCC(O)O. The van der Waals surface area contributed by atoms with Crippen molar-refractivity contribution in [2.45, 2.75) is 32.1 Å². The molecule has 0 aliphatic carbocycles. The highest BCUT2D eigenvalue weighted by molar-refractivity contribution is 4.74. The van der Waals surface area contributed by atoms with E-state index in [-0.39, 0.29) is 13.2 Å². The Labute approximate surface area is 72.5 Å². The van der Waals surface area contributed by atoms with Crippen molar-refractivity contribution in [3.05, 3.63) is 0 Å². The molecule has 0 bridgehead atoms. The summed E-state index contributed by atoms with van der Waals surface area (Å²) in [7, 11) is 0. The molecule has 0 amide bonds. The van der Waals surface area contributed by atoms with E-state index in [9.17, 15) is 0 Å². The van der Waals surface area contributed by atoms with Crippen LogP contribution in [0.25, 0.3) is 0 Å². The Kier molecular flexibility index (Phi) is 8.90. The van der Waals surface area contributed by atoms with Gasteiger partial charge in [-0.2, -0.15) is 0 Å². The largest absolute Gasteiger partial charge is 0.394 e. The van der Waals surface area contributed by atoms with Crippen LogP contribution < -0.4 is 5.73 Å². The molecule has 0 saturated heterocycles. The molecular weight excluding hydrogens is 162 g/mol. The van der Waals surface area contributed by atoms with Crippen molar-refractivity contribution < 1.29 is 20.4 Å². The summed E-state index contributed by atoms with van der Waals surface area (Å²) in [5, 5.41) is 32.5. The second-order valence-electron chi connectivity index (χ2n) is 2.86. The van der Waals surface area contributed by atoms with E-state index in [2.05, 4.69) is 0 Å². The third kappa shape index (κ3) is 12.5. The van der Waals surface area contributed by atoms with Gasteiger partial charge in [-0.3, -0.25) is 0 Å². The van der Waals surface area contributed by atoms with Gasteiger partial charge in [-0.05, 0) is 13.3 Å². The highest BCUT2D eigenvalue weighted by atomic mass is 16.5. The molecule has 0 heterocycles. The second-order valence-corrected chi connectivity index (χ2v) is 2.86. The van der Waals surface area contributed by atoms with Gasteiger partial charge in [0.05, 0.1) is 18.8 Å². The maximum absolute atomic E-state index is 8.31. The molecule has 0 fully saturated rings. The fourth-order valence-electron chi connectivity index (χ4n) is 0.0500. The van der Waals surface area contributed by atoms with E-state index < -0.39 is 11.8 Å². The molecule has 0 aliphatic heterocycles. The first-order chi connectivity index (χ1) is 5.39. The summed E-state index contributed by atoms with van der Waals surface area (Å²) in [5.74, 6) is 0. The average Bonchev–Trinajstić information content (AvgIpc) is 2.05. The monoisotopic (exact) mass is 181 g/mol. The first-order valence-corrected chi connectivity index (χ1v) is 3.76. The maximum atomic E-state index is 8.31. The van der Waals surface area contributed by atoms with E-state index in [4.69, 9.17) is 26.2 Å².